The Morgan fingerprint density at radius 1 is 0.479 bits per heavy atom. The highest BCUT2D eigenvalue weighted by molar-refractivity contribution is 5.74. The molecule has 1 saturated heterocycles. The van der Waals surface area contributed by atoms with E-state index in [4.69, 9.17) is 23.7 Å². The molecule has 0 aliphatic carbocycles. The van der Waals surface area contributed by atoms with Gasteiger partial charge in [-0.3, -0.25) is 14.4 Å². The first-order valence-electron chi connectivity index (χ1n) is 28.3. The van der Waals surface area contributed by atoms with E-state index in [1.165, 1.54) is 57.8 Å². The van der Waals surface area contributed by atoms with Gasteiger partial charge in [0.2, 0.25) is 0 Å². The van der Waals surface area contributed by atoms with E-state index in [1.807, 2.05) is 0 Å². The van der Waals surface area contributed by atoms with Crippen LogP contribution in [0.2, 0.25) is 0 Å². The summed E-state index contributed by atoms with van der Waals surface area (Å²) >= 11 is 0. The SMILES string of the molecule is CC/C=C\C/C=C\C/C=C\CCCCCCCC(=O)OCC(COC1OC(C(=O)O)C(O)C(O)C1OC(=O)CCCCCCC/C=C\C/C=C\CCC)OC(=O)CCCCCCCCCCCCCCC. The number of carboxylic acids is 1. The lowest BCUT2D eigenvalue weighted by Gasteiger charge is -2.40. The van der Waals surface area contributed by atoms with Gasteiger partial charge in [-0.15, -0.1) is 0 Å². The normalized spacial score (nSPS) is 18.9. The number of allylic oxidation sites excluding steroid dienone is 10. The topological polar surface area (TPSA) is 175 Å². The van der Waals surface area contributed by atoms with Crippen LogP contribution in [0.5, 0.6) is 0 Å². The summed E-state index contributed by atoms with van der Waals surface area (Å²) in [7, 11) is 0. The molecule has 6 atom stereocenters. The zero-order chi connectivity index (χ0) is 51.8. The van der Waals surface area contributed by atoms with E-state index in [0.717, 1.165) is 122 Å². The molecule has 0 bridgehead atoms. The number of ether oxygens (including phenoxy) is 5. The Balaban J connectivity index is 2.72. The number of aliphatic hydroxyl groups excluding tert-OH is 2. The molecule has 12 nitrogen and oxygen atoms in total. The molecule has 1 aliphatic rings. The number of aliphatic carboxylic acids is 1. The van der Waals surface area contributed by atoms with Crippen molar-refractivity contribution in [2.75, 3.05) is 13.2 Å². The van der Waals surface area contributed by atoms with E-state index in [-0.39, 0.29) is 25.9 Å². The molecular formula is C59H100O12. The summed E-state index contributed by atoms with van der Waals surface area (Å²) in [4.78, 5) is 51.0. The number of hydrogen-bond donors (Lipinski definition) is 3. The van der Waals surface area contributed by atoms with Gasteiger partial charge in [0.1, 0.15) is 18.8 Å². The molecule has 1 rings (SSSR count). The average Bonchev–Trinajstić information content (AvgIpc) is 3.35. The number of esters is 3. The van der Waals surface area contributed by atoms with Gasteiger partial charge in [0, 0.05) is 19.3 Å². The molecule has 6 unspecified atom stereocenters. The van der Waals surface area contributed by atoms with E-state index in [2.05, 4.69) is 81.5 Å². The third-order valence-corrected chi connectivity index (χ3v) is 12.6. The van der Waals surface area contributed by atoms with Crippen molar-refractivity contribution in [1.29, 1.82) is 0 Å². The molecule has 408 valence electrons. The predicted molar refractivity (Wildman–Crippen MR) is 285 cm³/mol. The minimum atomic E-state index is -1.91. The van der Waals surface area contributed by atoms with Crippen molar-refractivity contribution in [3.8, 4) is 0 Å². The van der Waals surface area contributed by atoms with Crippen molar-refractivity contribution < 1.29 is 58.2 Å². The summed E-state index contributed by atoms with van der Waals surface area (Å²) in [5.41, 5.74) is 0. The third kappa shape index (κ3) is 37.8. The minimum absolute atomic E-state index is 0.0426. The first-order chi connectivity index (χ1) is 34.6. The molecule has 0 saturated carbocycles. The lowest BCUT2D eigenvalue weighted by molar-refractivity contribution is -0.301. The maximum Gasteiger partial charge on any atom is 0.335 e. The van der Waals surface area contributed by atoms with Crippen LogP contribution in [-0.2, 0) is 42.9 Å². The second-order valence-corrected chi connectivity index (χ2v) is 19.2. The number of carbonyl (C=O) groups is 4. The monoisotopic (exact) mass is 1000 g/mol. The fraction of sp³-hybridized carbons (Fsp3) is 0.763. The maximum atomic E-state index is 13.1. The molecule has 1 aliphatic heterocycles. The molecule has 0 aromatic carbocycles. The van der Waals surface area contributed by atoms with Gasteiger partial charge in [0.15, 0.2) is 24.6 Å². The van der Waals surface area contributed by atoms with Crippen molar-refractivity contribution in [3.63, 3.8) is 0 Å². The molecule has 0 spiro atoms. The maximum absolute atomic E-state index is 13.1. The Labute approximate surface area is 430 Å². The number of unbranched alkanes of at least 4 members (excludes halogenated alkanes) is 23. The molecule has 0 aromatic heterocycles. The molecule has 71 heavy (non-hydrogen) atoms. The third-order valence-electron chi connectivity index (χ3n) is 12.6. The van der Waals surface area contributed by atoms with Crippen LogP contribution < -0.4 is 0 Å². The summed E-state index contributed by atoms with van der Waals surface area (Å²) in [6, 6.07) is 0. The van der Waals surface area contributed by atoms with Crippen LogP contribution in [0.25, 0.3) is 0 Å². The number of carbonyl (C=O) groups excluding carboxylic acids is 3. The van der Waals surface area contributed by atoms with Gasteiger partial charge in [-0.05, 0) is 77.0 Å². The molecule has 1 heterocycles. The molecule has 0 radical (unpaired) electrons. The summed E-state index contributed by atoms with van der Waals surface area (Å²) in [5.74, 6) is -3.15. The van der Waals surface area contributed by atoms with Crippen LogP contribution in [0.4, 0.5) is 0 Å². The van der Waals surface area contributed by atoms with Crippen LogP contribution in [0.1, 0.15) is 239 Å². The van der Waals surface area contributed by atoms with Gasteiger partial charge in [0.25, 0.3) is 0 Å². The molecule has 3 N–H and O–H groups in total. The van der Waals surface area contributed by atoms with Crippen LogP contribution in [-0.4, -0.2) is 89.2 Å². The smallest absolute Gasteiger partial charge is 0.335 e. The second kappa shape index (κ2) is 47.4. The number of carboxylic acid groups (broad SMARTS) is 1. The van der Waals surface area contributed by atoms with Gasteiger partial charge >= 0.3 is 23.9 Å². The van der Waals surface area contributed by atoms with Crippen molar-refractivity contribution in [3.05, 3.63) is 60.8 Å². The Kier molecular flexibility index (Phi) is 43.7. The first-order valence-corrected chi connectivity index (χ1v) is 28.3. The van der Waals surface area contributed by atoms with Crippen molar-refractivity contribution >= 4 is 23.9 Å². The highest BCUT2D eigenvalue weighted by atomic mass is 16.7. The van der Waals surface area contributed by atoms with Crippen LogP contribution in [0.3, 0.4) is 0 Å². The fourth-order valence-electron chi connectivity index (χ4n) is 8.24. The van der Waals surface area contributed by atoms with E-state index < -0.39 is 67.3 Å². The Morgan fingerprint density at radius 3 is 1.41 bits per heavy atom. The summed E-state index contributed by atoms with van der Waals surface area (Å²) in [5, 5.41) is 31.4. The average molecular weight is 1000 g/mol. The second-order valence-electron chi connectivity index (χ2n) is 19.2. The standard InChI is InChI=1S/C59H100O12/c1-4-7-10-13-16-19-22-25-26-29-30-33-36-39-42-45-51(60)67-48-50(69-52(61)46-43-40-37-34-31-27-23-20-17-14-11-8-5-2)49-68-59-57(55(64)54(63)56(71-59)58(65)66)70-53(62)47-44-41-38-35-32-28-24-21-18-15-12-9-6-3/h7,10,12,15-16,19,21,24-26,50,54-57,59,63-64H,4-6,8-9,11,13-14,17-18,20,22-23,27-49H2,1-3H3,(H,65,66)/b10-7-,15-12-,19-16-,24-21-,26-25-. The van der Waals surface area contributed by atoms with Gasteiger partial charge in [-0.1, -0.05) is 204 Å². The molecule has 1 fully saturated rings. The number of rotatable bonds is 47. The molecule has 12 heteroatoms. The first kappa shape index (κ1) is 65.4. The highest BCUT2D eigenvalue weighted by Crippen LogP contribution is 2.26. The van der Waals surface area contributed by atoms with E-state index in [9.17, 15) is 34.5 Å². The number of aliphatic hydroxyl groups is 2. The summed E-state index contributed by atoms with van der Waals surface area (Å²) in [6.07, 6.45) is 44.8. The van der Waals surface area contributed by atoms with E-state index in [1.54, 1.807) is 0 Å². The lowest BCUT2D eigenvalue weighted by Crippen LogP contribution is -2.61. The van der Waals surface area contributed by atoms with Crippen molar-refractivity contribution in [2.45, 2.75) is 276 Å². The number of hydrogen-bond acceptors (Lipinski definition) is 11. The fourth-order valence-corrected chi connectivity index (χ4v) is 8.24. The highest BCUT2D eigenvalue weighted by Gasteiger charge is 2.50. The Bertz CT molecular complexity index is 1470. The molecule has 0 aromatic rings. The van der Waals surface area contributed by atoms with Crippen LogP contribution in [0, 0.1) is 0 Å². The largest absolute Gasteiger partial charge is 0.479 e. The quantitative estimate of drug-likeness (QED) is 0.0228. The Morgan fingerprint density at radius 2 is 0.915 bits per heavy atom. The zero-order valence-corrected chi connectivity index (χ0v) is 44.7. The minimum Gasteiger partial charge on any atom is -0.479 e. The van der Waals surface area contributed by atoms with Gasteiger partial charge in [0.05, 0.1) is 6.61 Å². The summed E-state index contributed by atoms with van der Waals surface area (Å²) in [6.45, 7) is 5.79. The van der Waals surface area contributed by atoms with Crippen LogP contribution >= 0.6 is 0 Å². The molecule has 0 amide bonds. The van der Waals surface area contributed by atoms with Crippen LogP contribution in [0.15, 0.2) is 60.8 Å². The van der Waals surface area contributed by atoms with Crippen molar-refractivity contribution in [2.24, 2.45) is 0 Å². The summed E-state index contributed by atoms with van der Waals surface area (Å²) < 4.78 is 28.3. The Hall–Kier alpha value is -3.58. The van der Waals surface area contributed by atoms with E-state index in [0.29, 0.717) is 19.3 Å². The van der Waals surface area contributed by atoms with E-state index >= 15 is 0 Å². The van der Waals surface area contributed by atoms with Gasteiger partial charge < -0.3 is 39.0 Å². The lowest BCUT2D eigenvalue weighted by atomic mass is 9.98. The van der Waals surface area contributed by atoms with Gasteiger partial charge in [-0.25, -0.2) is 4.79 Å². The van der Waals surface area contributed by atoms with Crippen molar-refractivity contribution in [1.82, 2.24) is 0 Å². The van der Waals surface area contributed by atoms with Gasteiger partial charge in [-0.2, -0.15) is 0 Å². The molecular weight excluding hydrogens is 901 g/mol. The predicted octanol–water partition coefficient (Wildman–Crippen LogP) is 14.0. The zero-order valence-electron chi connectivity index (χ0n) is 44.7.